The number of rotatable bonds is 1. The summed E-state index contributed by atoms with van der Waals surface area (Å²) in [6.45, 7) is 13.3. The van der Waals surface area contributed by atoms with Crippen molar-refractivity contribution in [3.8, 4) is 5.75 Å². The molecule has 0 bridgehead atoms. The van der Waals surface area contributed by atoms with Crippen LogP contribution in [0.4, 0.5) is 0 Å². The highest BCUT2D eigenvalue weighted by molar-refractivity contribution is 5.85. The summed E-state index contributed by atoms with van der Waals surface area (Å²) in [5.74, 6) is 0.702. The summed E-state index contributed by atoms with van der Waals surface area (Å²) in [5.41, 5.74) is 5.96. The Bertz CT molecular complexity index is 722. The topological polar surface area (TPSA) is 48.9 Å². The summed E-state index contributed by atoms with van der Waals surface area (Å²) < 4.78 is 0. The monoisotopic (exact) mass is 348 g/mol. The summed E-state index contributed by atoms with van der Waals surface area (Å²) >= 11 is 0. The average molecular weight is 349 g/mol. The first-order chi connectivity index (χ1) is 10.6. The third-order valence-corrected chi connectivity index (χ3v) is 4.99. The number of hydrogen-bond acceptors (Lipinski definition) is 2. The van der Waals surface area contributed by atoms with E-state index in [9.17, 15) is 5.11 Å². The van der Waals surface area contributed by atoms with Gasteiger partial charge in [-0.1, -0.05) is 47.6 Å². The molecule has 3 rings (SSSR count). The fraction of sp³-hybridized carbons (Fsp3) is 0.550. The molecular weight excluding hydrogens is 320 g/mol. The molecule has 0 aliphatic heterocycles. The minimum Gasteiger partial charge on any atom is -0.507 e. The van der Waals surface area contributed by atoms with E-state index in [0.717, 1.165) is 29.7 Å². The van der Waals surface area contributed by atoms with Gasteiger partial charge in [0.05, 0.1) is 6.33 Å². The second-order valence-electron chi connectivity index (χ2n) is 8.81. The molecule has 0 amide bonds. The molecule has 1 aromatic heterocycles. The molecule has 1 atom stereocenters. The van der Waals surface area contributed by atoms with E-state index < -0.39 is 0 Å². The van der Waals surface area contributed by atoms with Crippen molar-refractivity contribution >= 4 is 12.4 Å². The van der Waals surface area contributed by atoms with Crippen molar-refractivity contribution in [3.63, 3.8) is 0 Å². The first-order valence-corrected chi connectivity index (χ1v) is 8.48. The number of aromatic nitrogens is 2. The van der Waals surface area contributed by atoms with E-state index in [0.29, 0.717) is 5.75 Å². The molecule has 0 saturated heterocycles. The molecule has 0 fully saturated rings. The zero-order valence-electron chi connectivity index (χ0n) is 15.5. The zero-order valence-corrected chi connectivity index (χ0v) is 16.3. The first-order valence-electron chi connectivity index (χ1n) is 8.48. The van der Waals surface area contributed by atoms with E-state index in [4.69, 9.17) is 0 Å². The molecule has 3 nitrogen and oxygen atoms in total. The minimum atomic E-state index is -0.0831. The lowest BCUT2D eigenvalue weighted by atomic mass is 9.76. The van der Waals surface area contributed by atoms with Crippen LogP contribution >= 0.6 is 12.4 Å². The molecule has 1 aliphatic carbocycles. The molecule has 0 radical (unpaired) electrons. The lowest BCUT2D eigenvalue weighted by Gasteiger charge is -2.30. The van der Waals surface area contributed by atoms with Crippen LogP contribution in [0.1, 0.15) is 81.8 Å². The quantitative estimate of drug-likeness (QED) is 0.743. The molecule has 132 valence electrons. The van der Waals surface area contributed by atoms with Crippen LogP contribution in [0.5, 0.6) is 5.75 Å². The fourth-order valence-corrected chi connectivity index (χ4v) is 3.82. The maximum Gasteiger partial charge on any atom is 0.123 e. The molecule has 1 aliphatic rings. The Labute approximate surface area is 151 Å². The number of fused-ring (bicyclic) bond motifs is 1. The lowest BCUT2D eigenvalue weighted by Crippen LogP contribution is -2.19. The van der Waals surface area contributed by atoms with Gasteiger partial charge in [-0.15, -0.1) is 12.4 Å². The second-order valence-corrected chi connectivity index (χ2v) is 8.81. The number of imidazole rings is 1. The second kappa shape index (κ2) is 6.11. The number of hydrogen-bond donors (Lipinski definition) is 2. The van der Waals surface area contributed by atoms with Crippen molar-refractivity contribution in [2.45, 2.75) is 71.1 Å². The van der Waals surface area contributed by atoms with Crippen LogP contribution in [0, 0.1) is 0 Å². The molecule has 1 unspecified atom stereocenters. The molecule has 1 heterocycles. The van der Waals surface area contributed by atoms with E-state index >= 15 is 0 Å². The van der Waals surface area contributed by atoms with Gasteiger partial charge in [0.25, 0.3) is 0 Å². The van der Waals surface area contributed by atoms with Gasteiger partial charge in [-0.3, -0.25) is 0 Å². The van der Waals surface area contributed by atoms with Gasteiger partial charge in [-0.25, -0.2) is 4.98 Å². The Morgan fingerprint density at radius 3 is 2.21 bits per heavy atom. The van der Waals surface area contributed by atoms with Crippen LogP contribution in [-0.2, 0) is 17.3 Å². The molecule has 0 spiro atoms. The number of halogens is 1. The number of nitrogens with zero attached hydrogens (tertiary/aromatic N) is 1. The number of benzene rings is 1. The van der Waals surface area contributed by atoms with E-state index in [1.165, 1.54) is 11.1 Å². The Balaban J connectivity index is 0.00000208. The minimum absolute atomic E-state index is 0. The molecule has 4 heteroatoms. The van der Waals surface area contributed by atoms with Crippen molar-refractivity contribution in [2.24, 2.45) is 0 Å². The Hall–Kier alpha value is -1.48. The van der Waals surface area contributed by atoms with Gasteiger partial charge in [0, 0.05) is 23.4 Å². The number of H-pyrrole nitrogens is 1. The summed E-state index contributed by atoms with van der Waals surface area (Å²) in [5, 5.41) is 11.1. The molecule has 24 heavy (non-hydrogen) atoms. The van der Waals surface area contributed by atoms with Crippen molar-refractivity contribution in [2.75, 3.05) is 0 Å². The molecule has 2 aromatic rings. The Kier molecular flexibility index (Phi) is 4.80. The highest BCUT2D eigenvalue weighted by Crippen LogP contribution is 2.49. The van der Waals surface area contributed by atoms with Crippen molar-refractivity contribution in [1.29, 1.82) is 0 Å². The van der Waals surface area contributed by atoms with Gasteiger partial charge < -0.3 is 10.1 Å². The standard InChI is InChI=1S/C20H28N2O.ClH/c1-19(2,3)14-9-15(20(4,5)6)18(23)17-12(14)7-8-13(17)16-10-21-11-22-16;/h9-11,13,23H,7-8H2,1-6H3,(H,21,22);1H. The molecule has 0 saturated carbocycles. The van der Waals surface area contributed by atoms with Gasteiger partial charge in [-0.05, 0) is 40.4 Å². The molecule has 2 N–H and O–H groups in total. The summed E-state index contributed by atoms with van der Waals surface area (Å²) in [4.78, 5) is 7.42. The maximum absolute atomic E-state index is 11.1. The number of nitrogens with one attached hydrogen (secondary N) is 1. The average Bonchev–Trinajstić information content (AvgIpc) is 3.04. The third kappa shape index (κ3) is 3.06. The number of aromatic hydroxyl groups is 1. The number of aromatic amines is 1. The van der Waals surface area contributed by atoms with E-state index in [2.05, 4.69) is 57.6 Å². The SMILES string of the molecule is CC(C)(C)c1cc(C(C)(C)C)c2c(c1O)C(c1cnc[nH]1)CC2.Cl. The van der Waals surface area contributed by atoms with Gasteiger partial charge >= 0.3 is 0 Å². The van der Waals surface area contributed by atoms with Crippen LogP contribution in [-0.4, -0.2) is 15.1 Å². The normalized spacial score (nSPS) is 17.5. The zero-order chi connectivity index (χ0) is 17.0. The van der Waals surface area contributed by atoms with Crippen LogP contribution in [0.15, 0.2) is 18.6 Å². The van der Waals surface area contributed by atoms with Gasteiger partial charge in [0.15, 0.2) is 0 Å². The van der Waals surface area contributed by atoms with E-state index in [1.807, 2.05) is 6.20 Å². The Morgan fingerprint density at radius 2 is 1.71 bits per heavy atom. The third-order valence-electron chi connectivity index (χ3n) is 4.99. The summed E-state index contributed by atoms with van der Waals surface area (Å²) in [6, 6.07) is 2.24. The van der Waals surface area contributed by atoms with Crippen LogP contribution < -0.4 is 0 Å². The van der Waals surface area contributed by atoms with Crippen molar-refractivity contribution < 1.29 is 5.11 Å². The summed E-state index contributed by atoms with van der Waals surface area (Å²) in [6.07, 6.45) is 5.66. The van der Waals surface area contributed by atoms with Gasteiger partial charge in [0.1, 0.15) is 5.75 Å². The highest BCUT2D eigenvalue weighted by atomic mass is 35.5. The van der Waals surface area contributed by atoms with Crippen molar-refractivity contribution in [1.82, 2.24) is 9.97 Å². The molecular formula is C20H29ClN2O. The number of phenolic OH excluding ortho intramolecular Hbond substituents is 1. The largest absolute Gasteiger partial charge is 0.507 e. The van der Waals surface area contributed by atoms with Crippen LogP contribution in [0.25, 0.3) is 0 Å². The van der Waals surface area contributed by atoms with Crippen molar-refractivity contribution in [3.05, 3.63) is 46.5 Å². The van der Waals surface area contributed by atoms with Crippen LogP contribution in [0.2, 0.25) is 0 Å². The predicted octanol–water partition coefficient (Wildman–Crippen LogP) is 5.21. The fourth-order valence-electron chi connectivity index (χ4n) is 3.82. The predicted molar refractivity (Wildman–Crippen MR) is 102 cm³/mol. The van der Waals surface area contributed by atoms with Gasteiger partial charge in [0.2, 0.25) is 0 Å². The smallest absolute Gasteiger partial charge is 0.123 e. The molecule has 1 aromatic carbocycles. The number of phenols is 1. The Morgan fingerprint density at radius 1 is 1.08 bits per heavy atom. The van der Waals surface area contributed by atoms with E-state index in [-0.39, 0.29) is 29.2 Å². The highest BCUT2D eigenvalue weighted by Gasteiger charge is 2.36. The van der Waals surface area contributed by atoms with Crippen LogP contribution in [0.3, 0.4) is 0 Å². The van der Waals surface area contributed by atoms with Gasteiger partial charge in [-0.2, -0.15) is 0 Å². The maximum atomic E-state index is 11.1. The summed E-state index contributed by atoms with van der Waals surface area (Å²) in [7, 11) is 0. The lowest BCUT2D eigenvalue weighted by molar-refractivity contribution is 0.436. The van der Waals surface area contributed by atoms with E-state index in [1.54, 1.807) is 6.33 Å². The first kappa shape index (κ1) is 18.9.